The molecule has 0 aromatic carbocycles. The Bertz CT molecular complexity index is 200. The van der Waals surface area contributed by atoms with Crippen LogP contribution >= 0.6 is 158 Å². The molecule has 0 aromatic rings. The van der Waals surface area contributed by atoms with Crippen LogP contribution in [0.2, 0.25) is 0 Å². The molecule has 9 heteroatoms. The van der Waals surface area contributed by atoms with Crippen molar-refractivity contribution in [2.75, 3.05) is 0 Å². The van der Waals surface area contributed by atoms with Gasteiger partial charge in [-0.15, -0.1) is 0 Å². The maximum atomic E-state index is 11.3. The molecule has 0 rings (SSSR count). The molecular formula is C4HI7O2. The van der Waals surface area contributed by atoms with E-state index in [0.29, 0.717) is 0 Å². The monoisotopic (exact) mass is 969 g/mol. The summed E-state index contributed by atoms with van der Waals surface area (Å²) in [5.74, 6) is -0.774. The summed E-state index contributed by atoms with van der Waals surface area (Å²) in [6.07, 6.45) is 0. The van der Waals surface area contributed by atoms with Crippen LogP contribution in [0.15, 0.2) is 0 Å². The largest absolute Gasteiger partial charge is 0.480 e. The summed E-state index contributed by atoms with van der Waals surface area (Å²) in [4.78, 5) is 11.3. The molecule has 78 valence electrons. The maximum absolute atomic E-state index is 11.3. The molecule has 0 aromatic heterocycles. The van der Waals surface area contributed by atoms with Gasteiger partial charge in [-0.3, -0.25) is 4.79 Å². The molecule has 0 radical (unpaired) electrons. The summed E-state index contributed by atoms with van der Waals surface area (Å²) >= 11 is 15.0. The number of rotatable bonds is 3. The van der Waals surface area contributed by atoms with Crippen molar-refractivity contribution in [1.29, 1.82) is 0 Å². The number of hydrogen-bond acceptors (Lipinski definition) is 1. The fraction of sp³-hybridized carbons (Fsp3) is 0.750. The highest BCUT2D eigenvalue weighted by Gasteiger charge is 2.62. The molecule has 0 aliphatic carbocycles. The van der Waals surface area contributed by atoms with Crippen LogP contribution in [0.3, 0.4) is 0 Å². The zero-order valence-corrected chi connectivity index (χ0v) is 20.6. The van der Waals surface area contributed by atoms with Crippen LogP contribution in [0.1, 0.15) is 0 Å². The average molecular weight is 969 g/mol. The maximum Gasteiger partial charge on any atom is 0.325 e. The van der Waals surface area contributed by atoms with Gasteiger partial charge in [0.05, 0.1) is 0 Å². The molecule has 0 fully saturated rings. The summed E-state index contributed by atoms with van der Waals surface area (Å²) in [7, 11) is 0. The molecule has 0 aliphatic rings. The minimum Gasteiger partial charge on any atom is -0.480 e. The number of carboxylic acids is 1. The molecule has 2 nitrogen and oxygen atoms in total. The van der Waals surface area contributed by atoms with Crippen LogP contribution in [0.5, 0.6) is 0 Å². The average Bonchev–Trinajstić information content (AvgIpc) is 1.80. The predicted molar refractivity (Wildman–Crippen MR) is 114 cm³/mol. The normalized spacial score (nSPS) is 14.4. The molecule has 0 amide bonds. The van der Waals surface area contributed by atoms with E-state index in [1.165, 1.54) is 0 Å². The van der Waals surface area contributed by atoms with E-state index in [1.54, 1.807) is 0 Å². The van der Waals surface area contributed by atoms with Crippen LogP contribution in [0, 0.1) is 0 Å². The Balaban J connectivity index is 5.35. The minimum absolute atomic E-state index is 0.365. The Morgan fingerprint density at radius 1 is 0.846 bits per heavy atom. The van der Waals surface area contributed by atoms with Crippen molar-refractivity contribution >= 4 is 164 Å². The number of carbonyl (C=O) groups is 1. The van der Waals surface area contributed by atoms with Crippen molar-refractivity contribution in [1.82, 2.24) is 0 Å². The van der Waals surface area contributed by atoms with Crippen LogP contribution in [0.4, 0.5) is 0 Å². The van der Waals surface area contributed by atoms with Gasteiger partial charge in [0.2, 0.25) is 0 Å². The lowest BCUT2D eigenvalue weighted by atomic mass is 10.2. The van der Waals surface area contributed by atoms with Gasteiger partial charge in [0.1, 0.15) is 0 Å². The van der Waals surface area contributed by atoms with Crippen LogP contribution < -0.4 is 0 Å². The zero-order valence-electron chi connectivity index (χ0n) is 5.50. The molecule has 0 unspecified atom stereocenters. The third-order valence-electron chi connectivity index (χ3n) is 1.08. The van der Waals surface area contributed by atoms with E-state index in [4.69, 9.17) is 0 Å². The second-order valence-corrected chi connectivity index (χ2v) is 25.7. The third kappa shape index (κ3) is 4.31. The molecule has 0 aliphatic heterocycles. The van der Waals surface area contributed by atoms with Crippen molar-refractivity contribution < 1.29 is 9.90 Å². The number of carboxylic acid groups (broad SMARTS) is 1. The Labute approximate surface area is 172 Å². The Morgan fingerprint density at radius 3 is 1.08 bits per heavy atom. The predicted octanol–water partition coefficient (Wildman–Crippen LogP) is 5.16. The van der Waals surface area contributed by atoms with Gasteiger partial charge in [-0.05, 0) is 0 Å². The van der Waals surface area contributed by atoms with Gasteiger partial charge in [0.15, 0.2) is 2.29 Å². The van der Waals surface area contributed by atoms with Gasteiger partial charge in [-0.1, -0.05) is 158 Å². The van der Waals surface area contributed by atoms with Crippen molar-refractivity contribution in [2.45, 2.75) is 2.29 Å². The van der Waals surface area contributed by atoms with Gasteiger partial charge in [-0.25, -0.2) is 0 Å². The first-order valence-corrected chi connectivity index (χ1v) is 10.1. The zero-order chi connectivity index (χ0) is 11.1. The fourth-order valence-corrected chi connectivity index (χ4v) is 8.86. The summed E-state index contributed by atoms with van der Waals surface area (Å²) in [5.41, 5.74) is 0. The number of aliphatic carboxylic acids is 1. The smallest absolute Gasteiger partial charge is 0.325 e. The molecule has 0 saturated heterocycles. The molecule has 0 atom stereocenters. The van der Waals surface area contributed by atoms with Crippen molar-refractivity contribution in [3.8, 4) is 0 Å². The highest BCUT2D eigenvalue weighted by atomic mass is 127. The molecule has 1 N–H and O–H groups in total. The van der Waals surface area contributed by atoms with Crippen LogP contribution in [0.25, 0.3) is 0 Å². The molecule has 13 heavy (non-hydrogen) atoms. The van der Waals surface area contributed by atoms with Crippen molar-refractivity contribution in [3.05, 3.63) is 0 Å². The Hall–Kier alpha value is 4.58. The van der Waals surface area contributed by atoms with E-state index in [0.717, 1.165) is 0 Å². The molecule has 0 spiro atoms. The second kappa shape index (κ2) is 6.15. The highest BCUT2D eigenvalue weighted by molar-refractivity contribution is 14.3. The van der Waals surface area contributed by atoms with Gasteiger partial charge in [0, 0.05) is 0 Å². The Kier molecular flexibility index (Phi) is 8.32. The van der Waals surface area contributed by atoms with Crippen molar-refractivity contribution in [2.24, 2.45) is 0 Å². The van der Waals surface area contributed by atoms with Gasteiger partial charge >= 0.3 is 5.97 Å². The lowest BCUT2D eigenvalue weighted by Gasteiger charge is -2.38. The quantitative estimate of drug-likeness (QED) is 0.314. The number of alkyl halides is 7. The van der Waals surface area contributed by atoms with Crippen LogP contribution in [-0.4, -0.2) is 13.4 Å². The molecule has 0 saturated carbocycles. The number of halogens is 7. The summed E-state index contributed by atoms with van der Waals surface area (Å²) in [6.45, 7) is 0. The van der Waals surface area contributed by atoms with Crippen molar-refractivity contribution in [3.63, 3.8) is 0 Å². The van der Waals surface area contributed by atoms with Gasteiger partial charge in [-0.2, -0.15) is 0 Å². The summed E-state index contributed by atoms with van der Waals surface area (Å²) in [6, 6.07) is 0. The molecule has 0 bridgehead atoms. The SMILES string of the molecule is O=C(O)C(I)(C(I)(I)I)C(I)(I)I. The van der Waals surface area contributed by atoms with E-state index in [-0.39, 0.29) is -1.13 Å². The molecular weight excluding hydrogens is 968 g/mol. The van der Waals surface area contributed by atoms with E-state index in [2.05, 4.69) is 136 Å². The lowest BCUT2D eigenvalue weighted by Crippen LogP contribution is -2.52. The van der Waals surface area contributed by atoms with E-state index >= 15 is 0 Å². The summed E-state index contributed by atoms with van der Waals surface area (Å²) in [5, 5.41) is 9.27. The first kappa shape index (κ1) is 17.6. The minimum atomic E-state index is -0.818. The second-order valence-electron chi connectivity index (χ2n) is 1.96. The Morgan fingerprint density at radius 2 is 1.08 bits per heavy atom. The van der Waals surface area contributed by atoms with Gasteiger partial charge < -0.3 is 5.11 Å². The standard InChI is InChI=1S/C4HI7O2/c5-2(1(12)13,3(6,7)8)4(9,10)11/h(H,12,13). The first-order valence-electron chi connectivity index (χ1n) is 2.50. The molecule has 0 heterocycles. The topological polar surface area (TPSA) is 37.3 Å². The van der Waals surface area contributed by atoms with Crippen LogP contribution in [-0.2, 0) is 4.79 Å². The van der Waals surface area contributed by atoms with E-state index < -0.39 is 9.39 Å². The lowest BCUT2D eigenvalue weighted by molar-refractivity contribution is -0.138. The first-order chi connectivity index (χ1) is 5.44. The fourth-order valence-electron chi connectivity index (χ4n) is 0.403. The van der Waals surface area contributed by atoms with E-state index in [9.17, 15) is 9.90 Å². The highest BCUT2D eigenvalue weighted by Crippen LogP contribution is 2.63. The third-order valence-corrected chi connectivity index (χ3v) is 14.2. The summed E-state index contributed by atoms with van der Waals surface area (Å²) < 4.78 is -1.55. The van der Waals surface area contributed by atoms with E-state index in [1.807, 2.05) is 22.6 Å². The van der Waals surface area contributed by atoms with Gasteiger partial charge in [0.25, 0.3) is 0 Å². The number of hydrogen-bond donors (Lipinski definition) is 1.